The van der Waals surface area contributed by atoms with Gasteiger partial charge in [0.1, 0.15) is 0 Å². The van der Waals surface area contributed by atoms with Crippen LogP contribution < -0.4 is 11.1 Å². The normalized spacial score (nSPS) is 14.2. The molecule has 1 atom stereocenters. The highest BCUT2D eigenvalue weighted by atomic mass is 16.1. The van der Waals surface area contributed by atoms with Crippen LogP contribution in [0.3, 0.4) is 0 Å². The number of hydrogen-bond acceptors (Lipinski definition) is 2. The topological polar surface area (TPSA) is 55.1 Å². The van der Waals surface area contributed by atoms with E-state index >= 15 is 0 Å². The first-order chi connectivity index (χ1) is 9.75. The largest absolute Gasteiger partial charge is 0.381 e. The van der Waals surface area contributed by atoms with Crippen LogP contribution in [0.25, 0.3) is 6.08 Å². The standard InChI is InChI=1S/C17H16N2O/c18-17(20)16(12-5-2-1-3-6-12)14-8-9-15-13(11-14)7-4-10-19-15/h1-9,11,16,19H,10H2,(H2,18,20). The molecule has 3 nitrogen and oxygen atoms in total. The van der Waals surface area contributed by atoms with Crippen molar-refractivity contribution < 1.29 is 4.79 Å². The van der Waals surface area contributed by atoms with E-state index in [1.165, 1.54) is 0 Å². The fourth-order valence-corrected chi connectivity index (χ4v) is 2.58. The maximum absolute atomic E-state index is 11.9. The highest BCUT2D eigenvalue weighted by Gasteiger charge is 2.20. The van der Waals surface area contributed by atoms with E-state index in [9.17, 15) is 4.79 Å². The molecule has 2 aromatic carbocycles. The molecule has 20 heavy (non-hydrogen) atoms. The Labute approximate surface area is 118 Å². The van der Waals surface area contributed by atoms with Crippen LogP contribution >= 0.6 is 0 Å². The highest BCUT2D eigenvalue weighted by molar-refractivity contribution is 5.86. The van der Waals surface area contributed by atoms with Crippen molar-refractivity contribution in [1.82, 2.24) is 0 Å². The fraction of sp³-hybridized carbons (Fsp3) is 0.118. The van der Waals surface area contributed by atoms with Gasteiger partial charge >= 0.3 is 0 Å². The zero-order chi connectivity index (χ0) is 13.9. The molecule has 1 heterocycles. The fourth-order valence-electron chi connectivity index (χ4n) is 2.58. The van der Waals surface area contributed by atoms with Crippen molar-refractivity contribution in [3.8, 4) is 0 Å². The summed E-state index contributed by atoms with van der Waals surface area (Å²) in [6, 6.07) is 15.6. The molecule has 100 valence electrons. The minimum absolute atomic E-state index is 0.330. The molecule has 2 aromatic rings. The second kappa shape index (κ2) is 5.21. The number of rotatable bonds is 3. The van der Waals surface area contributed by atoms with Gasteiger partial charge in [0.15, 0.2) is 0 Å². The molecule has 0 saturated carbocycles. The average Bonchev–Trinajstić information content (AvgIpc) is 2.48. The number of anilines is 1. The minimum atomic E-state index is -0.406. The molecule has 1 amide bonds. The van der Waals surface area contributed by atoms with Crippen molar-refractivity contribution in [3.05, 3.63) is 71.3 Å². The van der Waals surface area contributed by atoms with Gasteiger partial charge in [-0.3, -0.25) is 4.79 Å². The Kier molecular flexibility index (Phi) is 3.25. The highest BCUT2D eigenvalue weighted by Crippen LogP contribution is 2.29. The van der Waals surface area contributed by atoms with Gasteiger partial charge in [-0.05, 0) is 28.8 Å². The van der Waals surface area contributed by atoms with Crippen LogP contribution in [0.2, 0.25) is 0 Å². The molecule has 0 spiro atoms. The molecule has 0 radical (unpaired) electrons. The number of carbonyl (C=O) groups is 1. The molecule has 3 rings (SSSR count). The number of fused-ring (bicyclic) bond motifs is 1. The summed E-state index contributed by atoms with van der Waals surface area (Å²) in [6.07, 6.45) is 4.13. The van der Waals surface area contributed by atoms with E-state index in [0.717, 1.165) is 28.9 Å². The van der Waals surface area contributed by atoms with Gasteiger partial charge in [0.2, 0.25) is 5.91 Å². The first kappa shape index (κ1) is 12.5. The maximum atomic E-state index is 11.9. The zero-order valence-corrected chi connectivity index (χ0v) is 11.0. The molecule has 1 aliphatic rings. The third-order valence-electron chi connectivity index (χ3n) is 3.53. The van der Waals surface area contributed by atoms with E-state index in [1.807, 2.05) is 48.5 Å². The molecular formula is C17H16N2O. The summed E-state index contributed by atoms with van der Waals surface area (Å²) in [5.74, 6) is -0.735. The van der Waals surface area contributed by atoms with Crippen LogP contribution in [-0.2, 0) is 4.79 Å². The molecule has 0 fully saturated rings. The van der Waals surface area contributed by atoms with Gasteiger partial charge in [0.05, 0.1) is 5.92 Å². The minimum Gasteiger partial charge on any atom is -0.381 e. The van der Waals surface area contributed by atoms with Gasteiger partial charge < -0.3 is 11.1 Å². The van der Waals surface area contributed by atoms with Crippen LogP contribution in [0, 0.1) is 0 Å². The van der Waals surface area contributed by atoms with Crippen molar-refractivity contribution in [3.63, 3.8) is 0 Å². The molecule has 3 heteroatoms. The predicted molar refractivity (Wildman–Crippen MR) is 81.4 cm³/mol. The van der Waals surface area contributed by atoms with Crippen molar-refractivity contribution in [1.29, 1.82) is 0 Å². The quantitative estimate of drug-likeness (QED) is 0.895. The molecule has 3 N–H and O–H groups in total. The molecule has 1 aliphatic heterocycles. The van der Waals surface area contributed by atoms with Crippen molar-refractivity contribution in [2.75, 3.05) is 11.9 Å². The Bertz CT molecular complexity index is 662. The third kappa shape index (κ3) is 2.30. The molecule has 1 unspecified atom stereocenters. The molecule has 0 aliphatic carbocycles. The van der Waals surface area contributed by atoms with E-state index in [4.69, 9.17) is 5.73 Å². The van der Waals surface area contributed by atoms with Crippen molar-refractivity contribution in [2.45, 2.75) is 5.92 Å². The summed E-state index contributed by atoms with van der Waals surface area (Å²) in [4.78, 5) is 11.9. The van der Waals surface area contributed by atoms with E-state index in [1.54, 1.807) is 0 Å². The number of amides is 1. The Morgan fingerprint density at radius 3 is 2.65 bits per heavy atom. The van der Waals surface area contributed by atoms with Gasteiger partial charge in [-0.2, -0.15) is 0 Å². The summed E-state index contributed by atoms with van der Waals surface area (Å²) >= 11 is 0. The average molecular weight is 264 g/mol. The number of nitrogens with one attached hydrogen (secondary N) is 1. The SMILES string of the molecule is NC(=O)C(c1ccccc1)c1ccc2c(c1)C=CCN2. The lowest BCUT2D eigenvalue weighted by atomic mass is 9.89. The van der Waals surface area contributed by atoms with Gasteiger partial charge in [0.25, 0.3) is 0 Å². The Balaban J connectivity index is 2.05. The van der Waals surface area contributed by atoms with E-state index in [0.29, 0.717) is 0 Å². The van der Waals surface area contributed by atoms with Gasteiger partial charge in [0, 0.05) is 12.2 Å². The molecule has 0 aromatic heterocycles. The van der Waals surface area contributed by atoms with Gasteiger partial charge in [-0.15, -0.1) is 0 Å². The lowest BCUT2D eigenvalue weighted by Crippen LogP contribution is -2.22. The maximum Gasteiger partial charge on any atom is 0.229 e. The van der Waals surface area contributed by atoms with Crippen LogP contribution in [0.15, 0.2) is 54.6 Å². The first-order valence-corrected chi connectivity index (χ1v) is 6.64. The number of carbonyl (C=O) groups excluding carboxylic acids is 1. The van der Waals surface area contributed by atoms with Crippen LogP contribution in [0.4, 0.5) is 5.69 Å². The summed E-state index contributed by atoms with van der Waals surface area (Å²) in [5.41, 5.74) is 9.64. The summed E-state index contributed by atoms with van der Waals surface area (Å²) in [6.45, 7) is 0.838. The summed E-state index contributed by atoms with van der Waals surface area (Å²) in [5, 5.41) is 3.29. The monoisotopic (exact) mass is 264 g/mol. The summed E-state index contributed by atoms with van der Waals surface area (Å²) in [7, 11) is 0. The molecular weight excluding hydrogens is 248 g/mol. The van der Waals surface area contributed by atoms with Crippen molar-refractivity contribution in [2.24, 2.45) is 5.73 Å². The van der Waals surface area contributed by atoms with Crippen LogP contribution in [0.1, 0.15) is 22.6 Å². The smallest absolute Gasteiger partial charge is 0.229 e. The predicted octanol–water partition coefficient (Wildman–Crippen LogP) is 2.74. The number of benzene rings is 2. The Morgan fingerprint density at radius 1 is 1.10 bits per heavy atom. The number of primary amides is 1. The number of hydrogen-bond donors (Lipinski definition) is 2. The van der Waals surface area contributed by atoms with Gasteiger partial charge in [-0.25, -0.2) is 0 Å². The lowest BCUT2D eigenvalue weighted by Gasteiger charge is -2.18. The van der Waals surface area contributed by atoms with Gasteiger partial charge in [-0.1, -0.05) is 48.6 Å². The van der Waals surface area contributed by atoms with Crippen molar-refractivity contribution >= 4 is 17.7 Å². The first-order valence-electron chi connectivity index (χ1n) is 6.64. The van der Waals surface area contributed by atoms with E-state index in [-0.39, 0.29) is 5.91 Å². The Morgan fingerprint density at radius 2 is 1.90 bits per heavy atom. The Hall–Kier alpha value is -2.55. The van der Waals surface area contributed by atoms with Crippen LogP contribution in [-0.4, -0.2) is 12.5 Å². The number of nitrogens with two attached hydrogens (primary N) is 1. The lowest BCUT2D eigenvalue weighted by molar-refractivity contribution is -0.118. The molecule has 0 bridgehead atoms. The van der Waals surface area contributed by atoms with E-state index < -0.39 is 5.92 Å². The van der Waals surface area contributed by atoms with Crippen LogP contribution in [0.5, 0.6) is 0 Å². The third-order valence-corrected chi connectivity index (χ3v) is 3.53. The van der Waals surface area contributed by atoms with E-state index in [2.05, 4.69) is 17.5 Å². The second-order valence-corrected chi connectivity index (χ2v) is 4.88. The zero-order valence-electron chi connectivity index (χ0n) is 11.0. The molecule has 0 saturated heterocycles. The summed E-state index contributed by atoms with van der Waals surface area (Å²) < 4.78 is 0. The second-order valence-electron chi connectivity index (χ2n) is 4.88.